The summed E-state index contributed by atoms with van der Waals surface area (Å²) in [6.07, 6.45) is 1.61. The van der Waals surface area contributed by atoms with Crippen molar-refractivity contribution in [2.75, 3.05) is 32.9 Å². The highest BCUT2D eigenvalue weighted by Crippen LogP contribution is 2.51. The van der Waals surface area contributed by atoms with E-state index in [2.05, 4.69) is 25.5 Å². The summed E-state index contributed by atoms with van der Waals surface area (Å²) in [7, 11) is 0. The van der Waals surface area contributed by atoms with Gasteiger partial charge in [0, 0.05) is 37.8 Å². The Morgan fingerprint density at radius 2 is 2.22 bits per heavy atom. The van der Waals surface area contributed by atoms with E-state index < -0.39 is 0 Å². The van der Waals surface area contributed by atoms with Gasteiger partial charge < -0.3 is 16.1 Å². The number of nitrogens with zero attached hydrogens (tertiary/aromatic N) is 4. The smallest absolute Gasteiger partial charge is 0.253 e. The van der Waals surface area contributed by atoms with E-state index in [0.29, 0.717) is 58.0 Å². The van der Waals surface area contributed by atoms with Crippen LogP contribution in [0.4, 0.5) is 10.1 Å². The van der Waals surface area contributed by atoms with Crippen LogP contribution in [0.25, 0.3) is 10.9 Å². The number of alkyl halides is 1. The first-order chi connectivity index (χ1) is 13.1. The molecule has 2 fully saturated rings. The Balaban J connectivity index is 1.47. The van der Waals surface area contributed by atoms with Gasteiger partial charge in [-0.15, -0.1) is 5.11 Å². The maximum atomic E-state index is 12.8. The van der Waals surface area contributed by atoms with Gasteiger partial charge in [-0.2, -0.15) is 0 Å². The molecule has 2 atom stereocenters. The van der Waals surface area contributed by atoms with E-state index >= 15 is 0 Å². The number of halogens is 2. The van der Waals surface area contributed by atoms with Crippen LogP contribution in [0.2, 0.25) is 5.02 Å². The van der Waals surface area contributed by atoms with Crippen LogP contribution in [-0.4, -0.2) is 48.6 Å². The number of amides is 1. The number of carbonyl (C=O) groups is 1. The molecule has 9 heteroatoms. The van der Waals surface area contributed by atoms with Gasteiger partial charge in [0.15, 0.2) is 0 Å². The SMILES string of the molecule is NN=Nc1c(Cl)cc(C(=O)NCC2C3CN(CCF)CC23)c2ncccc12. The van der Waals surface area contributed by atoms with Crippen molar-refractivity contribution < 1.29 is 9.18 Å². The third-order valence-electron chi connectivity index (χ3n) is 5.56. The number of carbonyl (C=O) groups excluding carboxylic acids is 1. The van der Waals surface area contributed by atoms with Crippen molar-refractivity contribution in [3.05, 3.63) is 35.0 Å². The second-order valence-electron chi connectivity index (χ2n) is 7.02. The number of piperidine rings is 1. The molecule has 2 unspecified atom stereocenters. The van der Waals surface area contributed by atoms with Crippen LogP contribution in [0.1, 0.15) is 10.4 Å². The first kappa shape index (κ1) is 18.1. The summed E-state index contributed by atoms with van der Waals surface area (Å²) in [4.78, 5) is 19.2. The molecule has 3 N–H and O–H groups in total. The van der Waals surface area contributed by atoms with Crippen molar-refractivity contribution >= 4 is 34.1 Å². The number of nitrogens with two attached hydrogens (primary N) is 1. The topological polar surface area (TPSA) is 96.0 Å². The quantitative estimate of drug-likeness (QED) is 0.450. The lowest BCUT2D eigenvalue weighted by molar-refractivity contribution is 0.0951. The van der Waals surface area contributed by atoms with E-state index in [9.17, 15) is 9.18 Å². The Bertz CT molecular complexity index is 895. The van der Waals surface area contributed by atoms with Crippen molar-refractivity contribution in [3.8, 4) is 0 Å². The number of benzene rings is 1. The van der Waals surface area contributed by atoms with Gasteiger partial charge in [-0.05, 0) is 36.0 Å². The van der Waals surface area contributed by atoms with E-state index in [1.54, 1.807) is 24.4 Å². The van der Waals surface area contributed by atoms with Crippen LogP contribution in [-0.2, 0) is 0 Å². The van der Waals surface area contributed by atoms with E-state index in [1.165, 1.54) is 0 Å². The van der Waals surface area contributed by atoms with Gasteiger partial charge in [-0.1, -0.05) is 16.8 Å². The van der Waals surface area contributed by atoms with Crippen LogP contribution in [0.3, 0.4) is 0 Å². The van der Waals surface area contributed by atoms with Gasteiger partial charge in [0.05, 0.1) is 16.1 Å². The Morgan fingerprint density at radius 3 is 2.93 bits per heavy atom. The van der Waals surface area contributed by atoms with Crippen LogP contribution in [0.5, 0.6) is 0 Å². The number of nitrogens with one attached hydrogen (secondary N) is 1. The van der Waals surface area contributed by atoms with Crippen LogP contribution in [0.15, 0.2) is 34.7 Å². The summed E-state index contributed by atoms with van der Waals surface area (Å²) in [5, 5.41) is 11.1. The minimum atomic E-state index is -0.304. The van der Waals surface area contributed by atoms with E-state index in [4.69, 9.17) is 17.4 Å². The monoisotopic (exact) mass is 390 g/mol. The molecular formula is C18H20ClFN6O. The number of rotatable bonds is 6. The van der Waals surface area contributed by atoms with Gasteiger partial charge in [-0.3, -0.25) is 9.78 Å². The summed E-state index contributed by atoms with van der Waals surface area (Å²) < 4.78 is 12.4. The Morgan fingerprint density at radius 1 is 1.44 bits per heavy atom. The Hall–Kier alpha value is -2.32. The molecule has 27 heavy (non-hydrogen) atoms. The molecule has 1 saturated heterocycles. The number of fused-ring (bicyclic) bond motifs is 2. The summed E-state index contributed by atoms with van der Waals surface area (Å²) in [6, 6.07) is 5.07. The molecule has 2 heterocycles. The summed E-state index contributed by atoms with van der Waals surface area (Å²) in [6.45, 7) is 2.65. The maximum Gasteiger partial charge on any atom is 0.253 e. The van der Waals surface area contributed by atoms with Crippen LogP contribution in [0, 0.1) is 17.8 Å². The molecule has 1 aromatic carbocycles. The largest absolute Gasteiger partial charge is 0.352 e. The second-order valence-corrected chi connectivity index (χ2v) is 7.43. The highest BCUT2D eigenvalue weighted by Gasteiger charge is 2.54. The third kappa shape index (κ3) is 3.35. The third-order valence-corrected chi connectivity index (χ3v) is 5.85. The molecule has 1 saturated carbocycles. The summed E-state index contributed by atoms with van der Waals surface area (Å²) in [5.41, 5.74) is 1.30. The van der Waals surface area contributed by atoms with Crippen molar-refractivity contribution in [2.24, 2.45) is 33.9 Å². The molecule has 2 aliphatic rings. The standard InChI is InChI=1S/C18H20ClFN6O/c19-15-6-11(16-10(2-1-4-22-16)17(15)24-25-21)18(27)23-7-12-13-8-26(5-3-20)9-14(12)13/h1-2,4,6,12-14H,3,5,7-9H2,(H2,21,24)(H,23,27). The molecule has 7 nitrogen and oxygen atoms in total. The number of likely N-dealkylation sites (tertiary alicyclic amines) is 1. The number of hydrogen-bond acceptors (Lipinski definition) is 5. The first-order valence-corrected chi connectivity index (χ1v) is 9.26. The van der Waals surface area contributed by atoms with E-state index in [1.807, 2.05) is 0 Å². The Labute approximate surface area is 160 Å². The zero-order valence-corrected chi connectivity index (χ0v) is 15.4. The molecule has 1 aromatic heterocycles. The van der Waals surface area contributed by atoms with Gasteiger partial charge in [-0.25, -0.2) is 4.39 Å². The van der Waals surface area contributed by atoms with Gasteiger partial charge in [0.1, 0.15) is 12.4 Å². The van der Waals surface area contributed by atoms with Crippen molar-refractivity contribution in [3.63, 3.8) is 0 Å². The van der Waals surface area contributed by atoms with E-state index in [0.717, 1.165) is 13.1 Å². The number of aromatic nitrogens is 1. The molecule has 1 aliphatic heterocycles. The normalized spacial score (nSPS) is 24.4. The molecule has 2 aromatic rings. The van der Waals surface area contributed by atoms with Gasteiger partial charge in [0.25, 0.3) is 5.91 Å². The highest BCUT2D eigenvalue weighted by molar-refractivity contribution is 6.35. The zero-order chi connectivity index (χ0) is 19.0. The first-order valence-electron chi connectivity index (χ1n) is 8.88. The van der Waals surface area contributed by atoms with Crippen LogP contribution >= 0.6 is 11.6 Å². The summed E-state index contributed by atoms with van der Waals surface area (Å²) in [5.74, 6) is 6.51. The minimum Gasteiger partial charge on any atom is -0.352 e. The Kier molecular flexibility index (Phi) is 4.92. The summed E-state index contributed by atoms with van der Waals surface area (Å²) >= 11 is 6.28. The van der Waals surface area contributed by atoms with Gasteiger partial charge in [0.2, 0.25) is 0 Å². The minimum absolute atomic E-state index is 0.220. The molecule has 0 radical (unpaired) electrons. The second kappa shape index (κ2) is 7.36. The zero-order valence-electron chi connectivity index (χ0n) is 14.6. The lowest BCUT2D eigenvalue weighted by Gasteiger charge is -2.17. The highest BCUT2D eigenvalue weighted by atomic mass is 35.5. The molecule has 142 valence electrons. The van der Waals surface area contributed by atoms with Crippen molar-refractivity contribution in [1.29, 1.82) is 0 Å². The van der Waals surface area contributed by atoms with Crippen molar-refractivity contribution in [2.45, 2.75) is 0 Å². The number of hydrogen-bond donors (Lipinski definition) is 2. The molecule has 0 bridgehead atoms. The van der Waals surface area contributed by atoms with Crippen molar-refractivity contribution in [1.82, 2.24) is 15.2 Å². The lowest BCUT2D eigenvalue weighted by atomic mass is 10.1. The predicted octanol–water partition coefficient (Wildman–Crippen LogP) is 2.72. The number of pyridine rings is 1. The van der Waals surface area contributed by atoms with Crippen LogP contribution < -0.4 is 11.2 Å². The molecule has 1 amide bonds. The maximum absolute atomic E-state index is 12.8. The lowest BCUT2D eigenvalue weighted by Crippen LogP contribution is -2.31. The fraction of sp³-hybridized carbons (Fsp3) is 0.444. The molecule has 1 aliphatic carbocycles. The van der Waals surface area contributed by atoms with Gasteiger partial charge >= 0.3 is 0 Å². The molecular weight excluding hydrogens is 371 g/mol. The van der Waals surface area contributed by atoms with E-state index in [-0.39, 0.29) is 12.6 Å². The fourth-order valence-electron chi connectivity index (χ4n) is 4.18. The predicted molar refractivity (Wildman–Crippen MR) is 101 cm³/mol. The molecule has 4 rings (SSSR count). The average Bonchev–Trinajstić information content (AvgIpc) is 3.12. The average molecular weight is 391 g/mol. The molecule has 0 spiro atoms. The fourth-order valence-corrected chi connectivity index (χ4v) is 4.43.